The van der Waals surface area contributed by atoms with Crippen LogP contribution >= 0.6 is 31.9 Å². The van der Waals surface area contributed by atoms with Gasteiger partial charge in [-0.3, -0.25) is 9.59 Å². The van der Waals surface area contributed by atoms with E-state index in [1.807, 2.05) is 30.3 Å². The molecule has 0 aliphatic heterocycles. The molecule has 0 fully saturated rings. The molecule has 0 bridgehead atoms. The molecule has 0 unspecified atom stereocenters. The summed E-state index contributed by atoms with van der Waals surface area (Å²) in [6.45, 7) is 0. The Morgan fingerprint density at radius 2 is 1.25 bits per heavy atom. The summed E-state index contributed by atoms with van der Waals surface area (Å²) < 4.78 is 1.59. The van der Waals surface area contributed by atoms with Crippen LogP contribution in [0.25, 0.3) is 32.3 Å². The molecule has 0 atom stereocenters. The van der Waals surface area contributed by atoms with Gasteiger partial charge in [0.2, 0.25) is 10.9 Å². The fourth-order valence-corrected chi connectivity index (χ4v) is 3.82. The minimum absolute atomic E-state index is 0.436. The summed E-state index contributed by atoms with van der Waals surface area (Å²) in [7, 11) is 0. The predicted molar refractivity (Wildman–Crippen MR) is 89.3 cm³/mol. The summed E-state index contributed by atoms with van der Waals surface area (Å²) in [5.41, 5.74) is -0.876. The largest absolute Gasteiger partial charge is 0.285 e. The van der Waals surface area contributed by atoms with Crippen LogP contribution in [-0.4, -0.2) is 0 Å². The zero-order valence-corrected chi connectivity index (χ0v) is 13.2. The fraction of sp³-hybridized carbons (Fsp3) is 0. The molecule has 2 nitrogen and oxygen atoms in total. The first-order valence-electron chi connectivity index (χ1n) is 6.02. The molecule has 0 N–H and O–H groups in total. The topological polar surface area (TPSA) is 34.1 Å². The number of benzene rings is 4. The normalized spacial score (nSPS) is 11.9. The monoisotopic (exact) mass is 388 g/mol. The summed E-state index contributed by atoms with van der Waals surface area (Å²) in [4.78, 5) is 24.7. The van der Waals surface area contributed by atoms with Crippen molar-refractivity contribution in [1.29, 1.82) is 0 Å². The van der Waals surface area contributed by atoms with Crippen molar-refractivity contribution in [2.45, 2.75) is 0 Å². The Labute approximate surface area is 130 Å². The summed E-state index contributed by atoms with van der Waals surface area (Å²) in [5, 5.41) is 4.61. The molecule has 0 aliphatic rings. The third-order valence-corrected chi connectivity index (χ3v) is 5.09. The molecule has 0 saturated heterocycles. The lowest BCUT2D eigenvalue weighted by atomic mass is 9.94. The van der Waals surface area contributed by atoms with E-state index >= 15 is 0 Å². The van der Waals surface area contributed by atoms with Gasteiger partial charge in [0.25, 0.3) is 0 Å². The molecular weight excluding hydrogens is 384 g/mol. The first-order valence-corrected chi connectivity index (χ1v) is 7.60. The van der Waals surface area contributed by atoms with Crippen LogP contribution < -0.4 is 10.9 Å². The Hall–Kier alpha value is -1.52. The molecule has 0 aromatic heterocycles. The van der Waals surface area contributed by atoms with Crippen molar-refractivity contribution in [3.8, 4) is 0 Å². The van der Waals surface area contributed by atoms with Gasteiger partial charge in [0.1, 0.15) is 0 Å². The summed E-state index contributed by atoms with van der Waals surface area (Å²) in [6.07, 6.45) is 0. The Bertz CT molecular complexity index is 1100. The van der Waals surface area contributed by atoms with Crippen molar-refractivity contribution < 1.29 is 0 Å². The van der Waals surface area contributed by atoms with Crippen LogP contribution in [0.4, 0.5) is 0 Å². The molecule has 0 spiro atoms. The smallest absolute Gasteiger partial charge is 0.235 e. The second kappa shape index (κ2) is 3.99. The van der Waals surface area contributed by atoms with E-state index in [2.05, 4.69) is 31.9 Å². The molecule has 4 aromatic rings. The Morgan fingerprint density at radius 1 is 0.600 bits per heavy atom. The second-order valence-electron chi connectivity index (χ2n) is 4.76. The van der Waals surface area contributed by atoms with Gasteiger partial charge in [-0.1, -0.05) is 50.1 Å². The highest BCUT2D eigenvalue weighted by Crippen LogP contribution is 2.37. The summed E-state index contributed by atoms with van der Waals surface area (Å²) >= 11 is 6.91. The van der Waals surface area contributed by atoms with Gasteiger partial charge in [0.15, 0.2) is 0 Å². The first-order chi connectivity index (χ1) is 9.59. The Balaban J connectivity index is 2.59. The highest BCUT2D eigenvalue weighted by atomic mass is 79.9. The average Bonchev–Trinajstić information content (AvgIpc) is 2.45. The lowest BCUT2D eigenvalue weighted by Crippen LogP contribution is -2.24. The zero-order chi connectivity index (χ0) is 14.0. The molecule has 0 saturated carbocycles. The average molecular weight is 390 g/mol. The van der Waals surface area contributed by atoms with E-state index in [9.17, 15) is 9.59 Å². The van der Waals surface area contributed by atoms with Gasteiger partial charge in [-0.05, 0) is 29.0 Å². The standard InChI is InChI=1S/C16H6Br2O2/c17-10-6-4-9-13-8(10)3-1-7-2-5-11(18)14(12(7)13)16(20)15(9)19/h1-6H. The number of hydrogen-bond acceptors (Lipinski definition) is 2. The lowest BCUT2D eigenvalue weighted by molar-refractivity contribution is 1.58. The maximum Gasteiger partial charge on any atom is 0.235 e. The van der Waals surface area contributed by atoms with Crippen molar-refractivity contribution in [3.63, 3.8) is 0 Å². The van der Waals surface area contributed by atoms with Crippen LogP contribution in [0, 0.1) is 0 Å². The highest BCUT2D eigenvalue weighted by Gasteiger charge is 2.17. The zero-order valence-electron chi connectivity index (χ0n) is 10.0. The fourth-order valence-electron chi connectivity index (χ4n) is 2.85. The minimum Gasteiger partial charge on any atom is -0.285 e. The van der Waals surface area contributed by atoms with Crippen LogP contribution in [0.2, 0.25) is 0 Å². The quantitative estimate of drug-likeness (QED) is 0.332. The third-order valence-electron chi connectivity index (χ3n) is 3.74. The van der Waals surface area contributed by atoms with Crippen molar-refractivity contribution >= 4 is 64.2 Å². The highest BCUT2D eigenvalue weighted by molar-refractivity contribution is 9.11. The first kappa shape index (κ1) is 12.2. The lowest BCUT2D eigenvalue weighted by Gasteiger charge is -2.11. The molecule has 96 valence electrons. The van der Waals surface area contributed by atoms with Crippen LogP contribution in [0.15, 0.2) is 54.9 Å². The maximum atomic E-state index is 12.4. The van der Waals surface area contributed by atoms with Gasteiger partial charge in [-0.15, -0.1) is 0 Å². The van der Waals surface area contributed by atoms with Crippen molar-refractivity contribution in [2.75, 3.05) is 0 Å². The van der Waals surface area contributed by atoms with Crippen LogP contribution in [0.5, 0.6) is 0 Å². The van der Waals surface area contributed by atoms with Crippen LogP contribution in [-0.2, 0) is 0 Å². The minimum atomic E-state index is -0.440. The van der Waals surface area contributed by atoms with E-state index in [1.165, 1.54) is 0 Å². The molecule has 20 heavy (non-hydrogen) atoms. The van der Waals surface area contributed by atoms with Crippen LogP contribution in [0.1, 0.15) is 0 Å². The van der Waals surface area contributed by atoms with Gasteiger partial charge in [-0.25, -0.2) is 0 Å². The molecule has 0 aliphatic carbocycles. The van der Waals surface area contributed by atoms with E-state index < -0.39 is 10.9 Å². The molecule has 0 heterocycles. The number of halogens is 2. The van der Waals surface area contributed by atoms with Gasteiger partial charge >= 0.3 is 0 Å². The molecule has 4 rings (SSSR count). The predicted octanol–water partition coefficient (Wildman–Crippen LogP) is 4.27. The number of hydrogen-bond donors (Lipinski definition) is 0. The van der Waals surface area contributed by atoms with Gasteiger partial charge in [0.05, 0.1) is 0 Å². The van der Waals surface area contributed by atoms with E-state index in [-0.39, 0.29) is 0 Å². The van der Waals surface area contributed by atoms with E-state index in [0.717, 1.165) is 26.0 Å². The van der Waals surface area contributed by atoms with Gasteiger partial charge in [0, 0.05) is 30.5 Å². The number of rotatable bonds is 0. The molecule has 4 aromatic carbocycles. The second-order valence-corrected chi connectivity index (χ2v) is 6.47. The van der Waals surface area contributed by atoms with E-state index in [1.54, 1.807) is 6.07 Å². The van der Waals surface area contributed by atoms with E-state index in [0.29, 0.717) is 15.2 Å². The van der Waals surface area contributed by atoms with Crippen molar-refractivity contribution in [3.05, 3.63) is 65.8 Å². The maximum absolute atomic E-state index is 12.4. The summed E-state index contributed by atoms with van der Waals surface area (Å²) in [6, 6.07) is 11.3. The SMILES string of the molecule is O=c1c(=O)c2c(Br)ccc3ccc4c(Br)ccc1c4c32. The van der Waals surface area contributed by atoms with Gasteiger partial charge < -0.3 is 0 Å². The van der Waals surface area contributed by atoms with Crippen LogP contribution in [0.3, 0.4) is 0 Å². The molecule has 0 amide bonds. The molecule has 4 heteroatoms. The third kappa shape index (κ3) is 1.38. The molecule has 0 radical (unpaired) electrons. The Kier molecular flexibility index (Phi) is 2.44. The Morgan fingerprint density at radius 3 is 2.05 bits per heavy atom. The summed E-state index contributed by atoms with van der Waals surface area (Å²) in [5.74, 6) is 0. The molecular formula is C16H6Br2O2. The van der Waals surface area contributed by atoms with Crippen molar-refractivity contribution in [2.24, 2.45) is 0 Å². The van der Waals surface area contributed by atoms with Gasteiger partial charge in [-0.2, -0.15) is 0 Å². The van der Waals surface area contributed by atoms with E-state index in [4.69, 9.17) is 0 Å². The van der Waals surface area contributed by atoms with Crippen molar-refractivity contribution in [1.82, 2.24) is 0 Å².